The van der Waals surface area contributed by atoms with E-state index in [-0.39, 0.29) is 33.7 Å². The number of hydrogen-bond acceptors (Lipinski definition) is 2. The third-order valence-corrected chi connectivity index (χ3v) is 13.4. The van der Waals surface area contributed by atoms with Gasteiger partial charge in [-0.05, 0) is 109 Å². The lowest BCUT2D eigenvalue weighted by atomic mass is 9.33. The van der Waals surface area contributed by atoms with Crippen LogP contribution in [0.1, 0.15) is 106 Å². The number of carboxylic acids is 1. The Hall–Kier alpha value is -0.830. The van der Waals surface area contributed by atoms with Gasteiger partial charge in [-0.1, -0.05) is 60.1 Å². The summed E-state index contributed by atoms with van der Waals surface area (Å²) in [6.07, 6.45) is 11.6. The van der Waals surface area contributed by atoms with Crippen molar-refractivity contribution in [2.75, 3.05) is 0 Å². The fourth-order valence-electron chi connectivity index (χ4n) is 10.8. The van der Waals surface area contributed by atoms with Gasteiger partial charge in [-0.25, -0.2) is 0 Å². The Bertz CT molecular complexity index is 874. The summed E-state index contributed by atoms with van der Waals surface area (Å²) >= 11 is 0. The van der Waals surface area contributed by atoms with Gasteiger partial charge in [0.25, 0.3) is 0 Å². The van der Waals surface area contributed by atoms with Crippen LogP contribution in [0, 0.1) is 56.7 Å². The summed E-state index contributed by atoms with van der Waals surface area (Å²) in [6.45, 7) is 17.0. The number of carboxylic acid groups (broad SMARTS) is 1. The molecule has 4 fully saturated rings. The lowest BCUT2D eigenvalue weighted by Gasteiger charge is -2.71. The highest BCUT2D eigenvalue weighted by molar-refractivity contribution is 5.76. The van der Waals surface area contributed by atoms with Crippen molar-refractivity contribution in [2.24, 2.45) is 56.7 Å². The van der Waals surface area contributed by atoms with Crippen molar-refractivity contribution in [2.45, 2.75) is 112 Å². The van der Waals surface area contributed by atoms with Gasteiger partial charge in [-0.3, -0.25) is 4.79 Å². The predicted molar refractivity (Wildman–Crippen MR) is 133 cm³/mol. The molecule has 5 aliphatic rings. The molecule has 0 unspecified atom stereocenters. The number of aliphatic carboxylic acids is 1. The van der Waals surface area contributed by atoms with Crippen molar-refractivity contribution < 1.29 is 15.0 Å². The first-order chi connectivity index (χ1) is 15.3. The molecule has 3 nitrogen and oxygen atoms in total. The number of hydrogen-bond donors (Lipinski definition) is 2. The highest BCUT2D eigenvalue weighted by atomic mass is 16.4. The van der Waals surface area contributed by atoms with Crippen LogP contribution in [0.4, 0.5) is 0 Å². The Balaban J connectivity index is 1.61. The molecule has 0 heterocycles. The minimum absolute atomic E-state index is 0.0302. The first-order valence-electron chi connectivity index (χ1n) is 13.9. The van der Waals surface area contributed by atoms with Crippen LogP contribution in [0.5, 0.6) is 0 Å². The van der Waals surface area contributed by atoms with Gasteiger partial charge in [-0.2, -0.15) is 0 Å². The molecule has 5 rings (SSSR count). The van der Waals surface area contributed by atoms with E-state index in [0.717, 1.165) is 44.9 Å². The molecule has 0 saturated heterocycles. The van der Waals surface area contributed by atoms with Gasteiger partial charge < -0.3 is 10.2 Å². The van der Waals surface area contributed by atoms with Crippen LogP contribution in [-0.4, -0.2) is 22.3 Å². The van der Waals surface area contributed by atoms with E-state index < -0.39 is 11.4 Å². The average Bonchev–Trinajstić information content (AvgIpc) is 2.74. The third kappa shape index (κ3) is 2.75. The molecule has 0 aromatic heterocycles. The van der Waals surface area contributed by atoms with Crippen molar-refractivity contribution in [1.82, 2.24) is 0 Å². The van der Waals surface area contributed by atoms with E-state index in [9.17, 15) is 15.0 Å². The molecule has 0 amide bonds. The van der Waals surface area contributed by atoms with Gasteiger partial charge in [0.1, 0.15) is 0 Å². The van der Waals surface area contributed by atoms with E-state index in [2.05, 4.69) is 54.5 Å². The number of carbonyl (C=O) groups is 1. The maximum atomic E-state index is 12.8. The Labute approximate surface area is 201 Å². The van der Waals surface area contributed by atoms with Crippen LogP contribution in [0.3, 0.4) is 0 Å². The van der Waals surface area contributed by atoms with Crippen molar-refractivity contribution in [1.29, 1.82) is 0 Å². The topological polar surface area (TPSA) is 57.5 Å². The minimum Gasteiger partial charge on any atom is -0.481 e. The molecule has 0 spiro atoms. The van der Waals surface area contributed by atoms with Crippen molar-refractivity contribution >= 4 is 5.97 Å². The molecule has 33 heavy (non-hydrogen) atoms. The van der Waals surface area contributed by atoms with Crippen molar-refractivity contribution in [3.63, 3.8) is 0 Å². The summed E-state index contributed by atoms with van der Waals surface area (Å²) in [5.74, 6) is 1.82. The second kappa shape index (κ2) is 7.11. The number of aliphatic hydroxyl groups is 1. The standard InChI is InChI=1S/C30H48O3/c1-18-10-15-30(25(32)33)17-16-28(6)20(24(30)19(18)2)8-9-22-27(5)13-12-23(31)26(3,4)21(27)11-14-29(22,28)7/h8,18-19,21-24,31H,9-17H2,1-7H3,(H,32,33)/t18-,19+,21-,22+,23-,24-,27-,28-,29-,30+/m1/s1. The van der Waals surface area contributed by atoms with E-state index >= 15 is 0 Å². The highest BCUT2D eigenvalue weighted by Gasteiger charge is 2.69. The van der Waals surface area contributed by atoms with Crippen molar-refractivity contribution in [3.05, 3.63) is 11.6 Å². The Morgan fingerprint density at radius 3 is 2.27 bits per heavy atom. The first-order valence-corrected chi connectivity index (χ1v) is 13.9. The van der Waals surface area contributed by atoms with Gasteiger partial charge in [0.15, 0.2) is 0 Å². The first kappa shape index (κ1) is 23.9. The molecular weight excluding hydrogens is 408 g/mol. The summed E-state index contributed by atoms with van der Waals surface area (Å²) < 4.78 is 0. The molecule has 3 heteroatoms. The molecule has 0 aromatic rings. The zero-order chi connectivity index (χ0) is 24.2. The minimum atomic E-state index is -0.557. The van der Waals surface area contributed by atoms with Crippen LogP contribution in [0.2, 0.25) is 0 Å². The lowest BCUT2D eigenvalue weighted by Crippen LogP contribution is -2.65. The average molecular weight is 457 g/mol. The zero-order valence-electron chi connectivity index (χ0n) is 22.2. The number of allylic oxidation sites excluding steroid dienone is 2. The fourth-order valence-corrected chi connectivity index (χ4v) is 10.8. The second-order valence-electron chi connectivity index (χ2n) is 14.5. The lowest BCUT2D eigenvalue weighted by molar-refractivity contribution is -0.206. The van der Waals surface area contributed by atoms with Crippen LogP contribution in [-0.2, 0) is 4.79 Å². The molecular formula is C30H48O3. The Morgan fingerprint density at radius 1 is 0.909 bits per heavy atom. The summed E-state index contributed by atoms with van der Waals surface area (Å²) in [4.78, 5) is 12.8. The summed E-state index contributed by atoms with van der Waals surface area (Å²) in [5, 5.41) is 21.4. The van der Waals surface area contributed by atoms with E-state index in [1.807, 2.05) is 0 Å². The van der Waals surface area contributed by atoms with Gasteiger partial charge in [0.2, 0.25) is 0 Å². The third-order valence-electron chi connectivity index (χ3n) is 13.4. The van der Waals surface area contributed by atoms with Gasteiger partial charge in [-0.15, -0.1) is 0 Å². The molecule has 0 radical (unpaired) electrons. The van der Waals surface area contributed by atoms with E-state index in [4.69, 9.17) is 0 Å². The monoisotopic (exact) mass is 456 g/mol. The number of fused-ring (bicyclic) bond motifs is 7. The van der Waals surface area contributed by atoms with Crippen LogP contribution in [0.15, 0.2) is 11.6 Å². The summed E-state index contributed by atoms with van der Waals surface area (Å²) in [6, 6.07) is 0. The SMILES string of the molecule is C[C@H]1[C@H](C)CC[C@]2(C(=O)O)CC[C@]3(C)C(=CC[C@H]4[C@]5(C)CC[C@@H](O)C(C)(C)[C@H]5CC[C@]43C)[C@@H]12. The molecule has 186 valence electrons. The van der Waals surface area contributed by atoms with Gasteiger partial charge in [0.05, 0.1) is 11.5 Å². The molecule has 10 atom stereocenters. The number of rotatable bonds is 1. The van der Waals surface area contributed by atoms with Gasteiger partial charge >= 0.3 is 5.97 Å². The fraction of sp³-hybridized carbons (Fsp3) is 0.900. The molecule has 4 saturated carbocycles. The Morgan fingerprint density at radius 2 is 1.61 bits per heavy atom. The smallest absolute Gasteiger partial charge is 0.310 e. The molecule has 0 aromatic carbocycles. The van der Waals surface area contributed by atoms with Crippen LogP contribution < -0.4 is 0 Å². The molecule has 2 N–H and O–H groups in total. The van der Waals surface area contributed by atoms with E-state index in [0.29, 0.717) is 23.7 Å². The van der Waals surface area contributed by atoms with Crippen LogP contribution in [0.25, 0.3) is 0 Å². The Kier molecular flexibility index (Phi) is 5.15. The number of aliphatic hydroxyl groups excluding tert-OH is 1. The normalized spacial score (nSPS) is 55.3. The van der Waals surface area contributed by atoms with Gasteiger partial charge in [0, 0.05) is 0 Å². The molecule has 5 aliphatic carbocycles. The molecule has 0 bridgehead atoms. The maximum absolute atomic E-state index is 12.8. The summed E-state index contributed by atoms with van der Waals surface area (Å²) in [5.41, 5.74) is 1.46. The summed E-state index contributed by atoms with van der Waals surface area (Å²) in [7, 11) is 0. The molecule has 0 aliphatic heterocycles. The zero-order valence-corrected chi connectivity index (χ0v) is 22.2. The highest BCUT2D eigenvalue weighted by Crippen LogP contribution is 2.75. The van der Waals surface area contributed by atoms with E-state index in [1.54, 1.807) is 0 Å². The van der Waals surface area contributed by atoms with E-state index in [1.165, 1.54) is 18.4 Å². The largest absolute Gasteiger partial charge is 0.481 e. The predicted octanol–water partition coefficient (Wildman–Crippen LogP) is 7.09. The second-order valence-corrected chi connectivity index (χ2v) is 14.5. The van der Waals surface area contributed by atoms with Crippen molar-refractivity contribution in [3.8, 4) is 0 Å². The maximum Gasteiger partial charge on any atom is 0.310 e. The van der Waals surface area contributed by atoms with Crippen LogP contribution >= 0.6 is 0 Å². The quantitative estimate of drug-likeness (QED) is 0.414.